The smallest absolute Gasteiger partial charge is 0.490 e. The minimum atomic E-state index is -5.08. The van der Waals surface area contributed by atoms with Crippen molar-refractivity contribution in [2.75, 3.05) is 19.6 Å². The van der Waals surface area contributed by atoms with Crippen molar-refractivity contribution in [2.24, 2.45) is 0 Å². The number of phenols is 1. The van der Waals surface area contributed by atoms with Crippen molar-refractivity contribution < 1.29 is 37.4 Å². The number of benzene rings is 2. The summed E-state index contributed by atoms with van der Waals surface area (Å²) in [6, 6.07) is 13.4. The van der Waals surface area contributed by atoms with Gasteiger partial charge >= 0.3 is 12.1 Å². The van der Waals surface area contributed by atoms with E-state index in [9.17, 15) is 27.5 Å². The highest BCUT2D eigenvalue weighted by Gasteiger charge is 2.42. The molecular formula is C25H28F4N2O4. The number of amides is 1. The summed E-state index contributed by atoms with van der Waals surface area (Å²) < 4.78 is 45.3. The van der Waals surface area contributed by atoms with Crippen LogP contribution in [0.4, 0.5) is 17.6 Å². The number of halogens is 4. The van der Waals surface area contributed by atoms with Gasteiger partial charge in [0.2, 0.25) is 0 Å². The molecule has 0 aliphatic carbocycles. The fourth-order valence-corrected chi connectivity index (χ4v) is 4.83. The van der Waals surface area contributed by atoms with Gasteiger partial charge in [-0.2, -0.15) is 13.2 Å². The molecule has 0 radical (unpaired) electrons. The normalized spacial score (nSPS) is 20.7. The molecule has 1 spiro atoms. The van der Waals surface area contributed by atoms with Crippen LogP contribution in [0.3, 0.4) is 0 Å². The van der Waals surface area contributed by atoms with Gasteiger partial charge in [0.05, 0.1) is 0 Å². The molecule has 0 aromatic heterocycles. The maximum absolute atomic E-state index is 13.6. The lowest BCUT2D eigenvalue weighted by atomic mass is 9.87. The zero-order valence-electron chi connectivity index (χ0n) is 19.1. The van der Waals surface area contributed by atoms with Gasteiger partial charge in [0, 0.05) is 30.7 Å². The van der Waals surface area contributed by atoms with Gasteiger partial charge in [0.1, 0.15) is 11.6 Å². The maximum atomic E-state index is 13.6. The van der Waals surface area contributed by atoms with Crippen LogP contribution in [0, 0.1) is 5.82 Å². The molecule has 2 N–H and O–H groups in total. The number of carbonyl (C=O) groups is 2. The first-order chi connectivity index (χ1) is 16.5. The van der Waals surface area contributed by atoms with Gasteiger partial charge in [-0.25, -0.2) is 9.18 Å². The van der Waals surface area contributed by atoms with Gasteiger partial charge in [0.15, 0.2) is 0 Å². The zero-order valence-corrected chi connectivity index (χ0v) is 19.1. The van der Waals surface area contributed by atoms with Crippen molar-refractivity contribution in [3.63, 3.8) is 0 Å². The van der Waals surface area contributed by atoms with Crippen LogP contribution >= 0.6 is 0 Å². The van der Waals surface area contributed by atoms with E-state index in [0.717, 1.165) is 63.8 Å². The Bertz CT molecular complexity index is 1030. The molecule has 2 aromatic rings. The molecule has 2 fully saturated rings. The monoisotopic (exact) mass is 496 g/mol. The molecule has 10 heteroatoms. The second kappa shape index (κ2) is 11.1. The van der Waals surface area contributed by atoms with Gasteiger partial charge in [-0.15, -0.1) is 0 Å². The molecule has 4 rings (SSSR count). The summed E-state index contributed by atoms with van der Waals surface area (Å²) in [4.78, 5) is 26.2. The van der Waals surface area contributed by atoms with Crippen molar-refractivity contribution in [2.45, 2.75) is 50.4 Å². The van der Waals surface area contributed by atoms with Crippen molar-refractivity contribution in [1.82, 2.24) is 9.80 Å². The summed E-state index contributed by atoms with van der Waals surface area (Å²) in [6.45, 7) is 3.29. The number of carboxylic acids is 1. The molecule has 1 unspecified atom stereocenters. The Morgan fingerprint density at radius 3 is 2.17 bits per heavy atom. The third kappa shape index (κ3) is 6.94. The molecule has 2 aliphatic heterocycles. The fourth-order valence-electron chi connectivity index (χ4n) is 4.83. The number of likely N-dealkylation sites (tertiary alicyclic amines) is 2. The average Bonchev–Trinajstić information content (AvgIpc) is 3.04. The van der Waals surface area contributed by atoms with Crippen LogP contribution in [0.15, 0.2) is 48.5 Å². The first kappa shape index (κ1) is 26.5. The number of alkyl halides is 3. The Hall–Kier alpha value is -3.14. The number of aliphatic carboxylic acids is 1. The highest BCUT2D eigenvalue weighted by Crippen LogP contribution is 2.39. The summed E-state index contributed by atoms with van der Waals surface area (Å²) in [5, 5.41) is 16.6. The van der Waals surface area contributed by atoms with Crippen LogP contribution in [-0.4, -0.2) is 63.2 Å². The van der Waals surface area contributed by atoms with E-state index in [1.807, 2.05) is 11.0 Å². The van der Waals surface area contributed by atoms with Gasteiger partial charge < -0.3 is 15.1 Å². The third-order valence-corrected chi connectivity index (χ3v) is 6.56. The van der Waals surface area contributed by atoms with E-state index >= 15 is 0 Å². The van der Waals surface area contributed by atoms with E-state index in [1.54, 1.807) is 36.4 Å². The molecule has 2 heterocycles. The van der Waals surface area contributed by atoms with Crippen molar-refractivity contribution in [1.29, 1.82) is 0 Å². The van der Waals surface area contributed by atoms with Gasteiger partial charge in [0.25, 0.3) is 5.91 Å². The van der Waals surface area contributed by atoms with Crippen molar-refractivity contribution >= 4 is 11.9 Å². The van der Waals surface area contributed by atoms with Crippen LogP contribution < -0.4 is 0 Å². The minimum absolute atomic E-state index is 0.0340. The number of hydrogen-bond donors (Lipinski definition) is 2. The van der Waals surface area contributed by atoms with Crippen LogP contribution in [0.5, 0.6) is 5.75 Å². The molecule has 1 atom stereocenters. The first-order valence-corrected chi connectivity index (χ1v) is 11.4. The maximum Gasteiger partial charge on any atom is 0.490 e. The van der Waals surface area contributed by atoms with Crippen molar-refractivity contribution in [3.8, 4) is 5.75 Å². The molecule has 2 aliphatic rings. The number of carboxylic acid groups (broad SMARTS) is 1. The number of rotatable bonds is 3. The van der Waals surface area contributed by atoms with Crippen LogP contribution in [-0.2, 0) is 11.3 Å². The average molecular weight is 497 g/mol. The third-order valence-electron chi connectivity index (χ3n) is 6.56. The van der Waals surface area contributed by atoms with Gasteiger partial charge in [-0.3, -0.25) is 9.69 Å². The van der Waals surface area contributed by atoms with Crippen LogP contribution in [0.1, 0.15) is 48.0 Å². The largest absolute Gasteiger partial charge is 0.508 e. The molecule has 35 heavy (non-hydrogen) atoms. The number of nitrogens with zero attached hydrogens (tertiary/aromatic N) is 2. The van der Waals surface area contributed by atoms with E-state index in [0.29, 0.717) is 5.56 Å². The van der Waals surface area contributed by atoms with Gasteiger partial charge in [-0.05, 0) is 80.6 Å². The predicted octanol–water partition coefficient (Wildman–Crippen LogP) is 4.83. The number of phenolic OH excluding ortho intramolecular Hbond substituents is 1. The van der Waals surface area contributed by atoms with E-state index < -0.39 is 12.1 Å². The van der Waals surface area contributed by atoms with E-state index in [1.165, 1.54) is 6.07 Å². The Morgan fingerprint density at radius 2 is 1.57 bits per heavy atom. The molecule has 1 amide bonds. The van der Waals surface area contributed by atoms with Gasteiger partial charge in [-0.1, -0.05) is 12.1 Å². The quantitative estimate of drug-likeness (QED) is 0.596. The molecule has 2 aromatic carbocycles. The van der Waals surface area contributed by atoms with E-state index in [-0.39, 0.29) is 23.0 Å². The minimum Gasteiger partial charge on any atom is -0.508 e. The Labute approximate surface area is 200 Å². The lowest BCUT2D eigenvalue weighted by Gasteiger charge is -2.38. The van der Waals surface area contributed by atoms with E-state index in [4.69, 9.17) is 9.90 Å². The molecule has 6 nitrogen and oxygen atoms in total. The fraction of sp³-hybridized carbons (Fsp3) is 0.440. The molecule has 0 saturated carbocycles. The number of carbonyl (C=O) groups excluding carboxylic acids is 1. The predicted molar refractivity (Wildman–Crippen MR) is 120 cm³/mol. The summed E-state index contributed by atoms with van der Waals surface area (Å²) in [6.07, 6.45) is 0.210. The lowest BCUT2D eigenvalue weighted by Crippen LogP contribution is -2.44. The second-order valence-electron chi connectivity index (χ2n) is 8.87. The van der Waals surface area contributed by atoms with Crippen molar-refractivity contribution in [3.05, 3.63) is 65.5 Å². The SMILES string of the molecule is O=C(O)C(F)(F)F.O=C(c1ccc(O)cc1)N1CCCC2(CCCN2Cc2cccc(F)c2)CC1. The molecular weight excluding hydrogens is 468 g/mol. The molecule has 0 bridgehead atoms. The Kier molecular flexibility index (Phi) is 8.37. The highest BCUT2D eigenvalue weighted by molar-refractivity contribution is 5.94. The zero-order chi connectivity index (χ0) is 25.6. The first-order valence-electron chi connectivity index (χ1n) is 11.4. The number of aromatic hydroxyl groups is 1. The van der Waals surface area contributed by atoms with E-state index in [2.05, 4.69) is 4.90 Å². The topological polar surface area (TPSA) is 81.1 Å². The van der Waals surface area contributed by atoms with Crippen LogP contribution in [0.25, 0.3) is 0 Å². The summed E-state index contributed by atoms with van der Waals surface area (Å²) >= 11 is 0. The summed E-state index contributed by atoms with van der Waals surface area (Å²) in [5.41, 5.74) is 1.75. The Morgan fingerprint density at radius 1 is 0.943 bits per heavy atom. The second-order valence-corrected chi connectivity index (χ2v) is 8.87. The standard InChI is InChI=1S/C23H27FN2O2.C2HF3O2/c24-20-5-1-4-18(16-20)17-26-14-3-11-23(26)10-2-13-25(15-12-23)22(28)19-6-8-21(27)9-7-19;3-2(4,5)1(6)7/h1,4-9,16,27H,2-3,10-15,17H2;(H,6,7). The molecule has 190 valence electrons. The lowest BCUT2D eigenvalue weighted by molar-refractivity contribution is -0.192. The highest BCUT2D eigenvalue weighted by atomic mass is 19.4. The summed E-state index contributed by atoms with van der Waals surface area (Å²) in [7, 11) is 0. The summed E-state index contributed by atoms with van der Waals surface area (Å²) in [5.74, 6) is -2.73. The Balaban J connectivity index is 0.000000429. The van der Waals surface area contributed by atoms with Crippen LogP contribution in [0.2, 0.25) is 0 Å². The molecule has 2 saturated heterocycles. The number of hydrogen-bond acceptors (Lipinski definition) is 4.